The molecule has 0 radical (unpaired) electrons. The van der Waals surface area contributed by atoms with Gasteiger partial charge in [0.15, 0.2) is 11.5 Å². The summed E-state index contributed by atoms with van der Waals surface area (Å²) >= 11 is 0. The van der Waals surface area contributed by atoms with Crippen LogP contribution >= 0.6 is 0 Å². The number of hydrogen-bond donors (Lipinski definition) is 2. The molecule has 4 heterocycles. The Balaban J connectivity index is 0.000000241. The predicted octanol–water partition coefficient (Wildman–Crippen LogP) is 6.31. The number of ether oxygens (including phenoxy) is 2. The van der Waals surface area contributed by atoms with Crippen LogP contribution in [0.1, 0.15) is 71.4 Å². The summed E-state index contributed by atoms with van der Waals surface area (Å²) in [4.78, 5) is 23.0. The van der Waals surface area contributed by atoms with E-state index in [9.17, 15) is 9.59 Å². The molecule has 1 amide bonds. The van der Waals surface area contributed by atoms with Gasteiger partial charge in [0.1, 0.15) is 12.2 Å². The van der Waals surface area contributed by atoms with Gasteiger partial charge in [-0.3, -0.25) is 4.79 Å². The van der Waals surface area contributed by atoms with Crippen LogP contribution < -0.4 is 15.6 Å². The van der Waals surface area contributed by atoms with E-state index in [4.69, 9.17) is 27.4 Å². The highest BCUT2D eigenvalue weighted by atomic mass is 16.6. The Hall–Kier alpha value is -4.15. The van der Waals surface area contributed by atoms with Crippen molar-refractivity contribution in [2.75, 3.05) is 13.2 Å². The second-order valence-corrected chi connectivity index (χ2v) is 10.0. The number of hydrogen-bond acceptors (Lipinski definition) is 9. The molecule has 0 spiro atoms. The minimum Gasteiger partial charge on any atom is -0.473 e. The van der Waals surface area contributed by atoms with Crippen LogP contribution in [0.25, 0.3) is 23.0 Å². The molecule has 0 saturated carbocycles. The van der Waals surface area contributed by atoms with Crippen LogP contribution in [-0.2, 0) is 4.74 Å². The maximum absolute atomic E-state index is 11.6. The molecule has 2 N–H and O–H groups in total. The number of furan rings is 2. The summed E-state index contributed by atoms with van der Waals surface area (Å²) in [6.45, 7) is 13.9. The third-order valence-electron chi connectivity index (χ3n) is 5.08. The molecule has 0 fully saturated rings. The van der Waals surface area contributed by atoms with Gasteiger partial charge in [0.05, 0.1) is 30.2 Å². The number of nitrogens with zero attached hydrogens (tertiary/aromatic N) is 1. The van der Waals surface area contributed by atoms with Gasteiger partial charge in [-0.2, -0.15) is 5.16 Å². The van der Waals surface area contributed by atoms with Crippen molar-refractivity contribution in [3.05, 3.63) is 58.3 Å². The lowest BCUT2D eigenvalue weighted by Crippen LogP contribution is -2.34. The average molecular weight is 530 g/mol. The number of aromatic amines is 1. The minimum atomic E-state index is -0.528. The molecule has 0 bridgehead atoms. The summed E-state index contributed by atoms with van der Waals surface area (Å²) in [7, 11) is 0. The van der Waals surface area contributed by atoms with Gasteiger partial charge < -0.3 is 32.7 Å². The van der Waals surface area contributed by atoms with E-state index in [2.05, 4.69) is 15.6 Å². The molecule has 0 aliphatic rings. The zero-order chi connectivity index (χ0) is 27.9. The Morgan fingerprint density at radius 1 is 1.00 bits per heavy atom. The first-order valence-electron chi connectivity index (χ1n) is 12.4. The van der Waals surface area contributed by atoms with E-state index >= 15 is 0 Å². The molecule has 4 aromatic heterocycles. The van der Waals surface area contributed by atoms with Crippen LogP contribution in [0.5, 0.6) is 5.88 Å². The number of aromatic nitrogens is 2. The van der Waals surface area contributed by atoms with Gasteiger partial charge in [-0.1, -0.05) is 27.7 Å². The predicted molar refractivity (Wildman–Crippen MR) is 139 cm³/mol. The van der Waals surface area contributed by atoms with Crippen molar-refractivity contribution >= 4 is 6.09 Å². The molecule has 0 aliphatic carbocycles. The number of H-pyrrole nitrogens is 1. The summed E-state index contributed by atoms with van der Waals surface area (Å²) in [6.07, 6.45) is 2.64. The number of amides is 1. The van der Waals surface area contributed by atoms with Crippen molar-refractivity contribution in [3.63, 3.8) is 0 Å². The quantitative estimate of drug-likeness (QED) is 0.251. The zero-order valence-electron chi connectivity index (χ0n) is 22.7. The van der Waals surface area contributed by atoms with Crippen molar-refractivity contribution in [3.8, 4) is 28.9 Å². The lowest BCUT2D eigenvalue weighted by molar-refractivity contribution is 0.0519. The van der Waals surface area contributed by atoms with Crippen LogP contribution in [0.4, 0.5) is 4.79 Å². The van der Waals surface area contributed by atoms with E-state index < -0.39 is 11.7 Å². The molecule has 206 valence electrons. The third kappa shape index (κ3) is 7.44. The molecule has 0 aliphatic heterocycles. The molecule has 0 aromatic carbocycles. The second kappa shape index (κ2) is 12.4. The normalized spacial score (nSPS) is 11.4. The highest BCUT2D eigenvalue weighted by molar-refractivity contribution is 5.67. The zero-order valence-corrected chi connectivity index (χ0v) is 22.7. The molecule has 38 heavy (non-hydrogen) atoms. The van der Waals surface area contributed by atoms with Gasteiger partial charge in [0.2, 0.25) is 11.5 Å². The summed E-state index contributed by atoms with van der Waals surface area (Å²) in [5.41, 5.74) is 0.744. The first-order valence-corrected chi connectivity index (χ1v) is 12.4. The standard InChI is InChI=1S/C17H24N2O5.C10H11NO3/c1-11(2)13-14(12-7-6-9-21-12)24-19-15(13)22-10-8-18-16(20)23-17(3,4)5;1-6(2)8-9(14-11-10(8)12)7-4-3-5-13-7/h6-7,9,11H,8,10H2,1-5H3,(H,18,20);3-6H,1-2H3,(H,11,12). The Bertz CT molecular complexity index is 1320. The fourth-order valence-corrected chi connectivity index (χ4v) is 3.52. The SMILES string of the molecule is CC(C)c1c(-c2ccco2)o[nH]c1=O.CC(C)c1c(OCCNC(=O)OC(C)(C)C)noc1-c1ccco1. The molecule has 4 rings (SSSR count). The number of rotatable bonds is 8. The Morgan fingerprint density at radius 3 is 2.13 bits per heavy atom. The first kappa shape index (κ1) is 28.4. The Kier molecular flexibility index (Phi) is 9.27. The van der Waals surface area contributed by atoms with E-state index in [-0.39, 0.29) is 24.0 Å². The molecule has 0 atom stereocenters. The van der Waals surface area contributed by atoms with Crippen LogP contribution in [0.3, 0.4) is 0 Å². The van der Waals surface area contributed by atoms with Gasteiger partial charge >= 0.3 is 6.09 Å². The fourth-order valence-electron chi connectivity index (χ4n) is 3.52. The highest BCUT2D eigenvalue weighted by Gasteiger charge is 2.24. The molecule has 11 heteroatoms. The molecule has 11 nitrogen and oxygen atoms in total. The Morgan fingerprint density at radius 2 is 1.61 bits per heavy atom. The van der Waals surface area contributed by atoms with Crippen LogP contribution in [0.15, 0.2) is 59.5 Å². The number of carbonyl (C=O) groups is 1. The van der Waals surface area contributed by atoms with E-state index in [1.54, 1.807) is 36.8 Å². The van der Waals surface area contributed by atoms with Crippen molar-refractivity contribution in [1.82, 2.24) is 15.6 Å². The summed E-state index contributed by atoms with van der Waals surface area (Å²) in [6, 6.07) is 7.11. The van der Waals surface area contributed by atoms with Crippen LogP contribution in [0.2, 0.25) is 0 Å². The van der Waals surface area contributed by atoms with E-state index in [1.807, 2.05) is 48.5 Å². The van der Waals surface area contributed by atoms with Gasteiger partial charge in [0, 0.05) is 0 Å². The smallest absolute Gasteiger partial charge is 0.407 e. The fraction of sp³-hybridized carbons (Fsp3) is 0.444. The maximum Gasteiger partial charge on any atom is 0.407 e. The molecule has 0 saturated heterocycles. The number of carbonyl (C=O) groups excluding carboxylic acids is 1. The van der Waals surface area contributed by atoms with E-state index in [1.165, 1.54) is 0 Å². The van der Waals surface area contributed by atoms with Crippen molar-refractivity contribution in [2.24, 2.45) is 0 Å². The largest absolute Gasteiger partial charge is 0.473 e. The van der Waals surface area contributed by atoms with Gasteiger partial charge in [-0.05, 0) is 62.0 Å². The Labute approximate surface area is 220 Å². The minimum absolute atomic E-state index is 0.109. The molecular formula is C27H35N3O8. The topological polar surface area (TPSA) is 146 Å². The first-order chi connectivity index (χ1) is 18.0. The van der Waals surface area contributed by atoms with Crippen molar-refractivity contribution in [2.45, 2.75) is 65.9 Å². The van der Waals surface area contributed by atoms with Crippen molar-refractivity contribution in [1.29, 1.82) is 0 Å². The summed E-state index contributed by atoms with van der Waals surface area (Å²) in [5.74, 6) is 2.89. The molecular weight excluding hydrogens is 494 g/mol. The van der Waals surface area contributed by atoms with E-state index in [0.29, 0.717) is 41.0 Å². The lowest BCUT2D eigenvalue weighted by Gasteiger charge is -2.19. The van der Waals surface area contributed by atoms with Gasteiger partial charge in [-0.15, -0.1) is 0 Å². The van der Waals surface area contributed by atoms with Gasteiger partial charge in [0.25, 0.3) is 11.4 Å². The highest BCUT2D eigenvalue weighted by Crippen LogP contribution is 2.36. The monoisotopic (exact) mass is 529 g/mol. The number of nitrogens with one attached hydrogen (secondary N) is 2. The third-order valence-corrected chi connectivity index (χ3v) is 5.08. The summed E-state index contributed by atoms with van der Waals surface area (Å²) in [5, 5.41) is 8.91. The average Bonchev–Trinajstić information content (AvgIpc) is 3.62. The maximum atomic E-state index is 11.6. The van der Waals surface area contributed by atoms with Crippen LogP contribution in [0, 0.1) is 0 Å². The van der Waals surface area contributed by atoms with E-state index in [0.717, 1.165) is 5.56 Å². The lowest BCUT2D eigenvalue weighted by atomic mass is 10.0. The second-order valence-electron chi connectivity index (χ2n) is 10.0. The molecule has 0 unspecified atom stereocenters. The van der Waals surface area contributed by atoms with Gasteiger partial charge in [-0.25, -0.2) is 4.79 Å². The van der Waals surface area contributed by atoms with Crippen LogP contribution in [-0.4, -0.2) is 35.2 Å². The number of alkyl carbamates (subject to hydrolysis) is 1. The molecule has 4 aromatic rings. The summed E-state index contributed by atoms with van der Waals surface area (Å²) < 4.78 is 31.8. The van der Waals surface area contributed by atoms with Crippen molar-refractivity contribution < 1.29 is 32.1 Å².